The number of rotatable bonds is 5. The number of benzene rings is 2. The van der Waals surface area contributed by atoms with E-state index in [1.165, 1.54) is 12.1 Å². The number of nitro benzene ring substituents is 1. The van der Waals surface area contributed by atoms with Crippen LogP contribution in [-0.4, -0.2) is 23.4 Å². The van der Waals surface area contributed by atoms with Gasteiger partial charge in [0.2, 0.25) is 0 Å². The zero-order valence-electron chi connectivity index (χ0n) is 13.1. The lowest BCUT2D eigenvalue weighted by Crippen LogP contribution is -2.21. The van der Waals surface area contributed by atoms with Crippen molar-refractivity contribution in [3.05, 3.63) is 62.1 Å². The second-order valence-electron chi connectivity index (χ2n) is 5.11. The van der Waals surface area contributed by atoms with Gasteiger partial charge >= 0.3 is 5.97 Å². The van der Waals surface area contributed by atoms with E-state index in [2.05, 4.69) is 21.2 Å². The van der Waals surface area contributed by atoms with Crippen LogP contribution in [0.1, 0.15) is 15.9 Å². The summed E-state index contributed by atoms with van der Waals surface area (Å²) in [6.45, 7) is 1.30. The molecule has 0 aromatic heterocycles. The van der Waals surface area contributed by atoms with E-state index in [-0.39, 0.29) is 11.3 Å². The molecule has 0 saturated heterocycles. The first-order chi connectivity index (χ1) is 11.8. The number of nitrogens with zero attached hydrogens (tertiary/aromatic N) is 1. The molecule has 2 aromatic rings. The third-order valence-corrected chi connectivity index (χ3v) is 3.75. The summed E-state index contributed by atoms with van der Waals surface area (Å²) in [5, 5.41) is 13.4. The lowest BCUT2D eigenvalue weighted by atomic mass is 10.2. The first kappa shape index (κ1) is 18.4. The number of anilines is 2. The number of esters is 1. The summed E-state index contributed by atoms with van der Waals surface area (Å²) in [6, 6.07) is 8.84. The molecule has 0 unspecified atom stereocenters. The Morgan fingerprint density at radius 2 is 2.00 bits per heavy atom. The average Bonchev–Trinajstić information content (AvgIpc) is 2.55. The summed E-state index contributed by atoms with van der Waals surface area (Å²) in [5.41, 5.74) is 6.36. The van der Waals surface area contributed by atoms with Crippen molar-refractivity contribution in [3.8, 4) is 0 Å². The number of carbonyl (C=O) groups excluding carboxylic acids is 2. The molecule has 9 heteroatoms. The van der Waals surface area contributed by atoms with Crippen LogP contribution in [-0.2, 0) is 9.53 Å². The number of nitrogen functional groups attached to an aromatic ring is 1. The van der Waals surface area contributed by atoms with E-state index < -0.39 is 29.1 Å². The number of amides is 1. The van der Waals surface area contributed by atoms with Gasteiger partial charge in [-0.3, -0.25) is 14.9 Å². The van der Waals surface area contributed by atoms with Gasteiger partial charge in [-0.2, -0.15) is 0 Å². The van der Waals surface area contributed by atoms with E-state index in [1.807, 2.05) is 13.0 Å². The zero-order chi connectivity index (χ0) is 18.6. The first-order valence-electron chi connectivity index (χ1n) is 7.05. The quantitative estimate of drug-likeness (QED) is 0.339. The van der Waals surface area contributed by atoms with Crippen molar-refractivity contribution < 1.29 is 19.2 Å². The molecule has 0 atom stereocenters. The molecule has 25 heavy (non-hydrogen) atoms. The number of nitrogens with one attached hydrogen (secondary N) is 1. The first-order valence-corrected chi connectivity index (χ1v) is 7.84. The molecule has 0 saturated carbocycles. The Balaban J connectivity index is 1.98. The number of nitrogens with two attached hydrogens (primary N) is 1. The number of hydrogen-bond acceptors (Lipinski definition) is 6. The van der Waals surface area contributed by atoms with Crippen LogP contribution in [0.15, 0.2) is 40.9 Å². The van der Waals surface area contributed by atoms with Gasteiger partial charge in [0.25, 0.3) is 11.6 Å². The van der Waals surface area contributed by atoms with Crippen LogP contribution in [0.25, 0.3) is 0 Å². The van der Waals surface area contributed by atoms with Crippen molar-refractivity contribution in [2.75, 3.05) is 17.7 Å². The Bertz CT molecular complexity index is 854. The van der Waals surface area contributed by atoms with Gasteiger partial charge in [0.15, 0.2) is 6.61 Å². The molecule has 0 fully saturated rings. The molecule has 0 aliphatic carbocycles. The third kappa shape index (κ3) is 4.77. The van der Waals surface area contributed by atoms with Gasteiger partial charge in [-0.15, -0.1) is 0 Å². The fraction of sp³-hybridized carbons (Fsp3) is 0.125. The minimum atomic E-state index is -0.856. The Labute approximate surface area is 151 Å². The SMILES string of the molecule is Cc1cc(Br)ccc1NC(=O)COC(=O)c1ccc(N)c([N+](=O)[O-])c1. The number of hydrogen-bond donors (Lipinski definition) is 2. The fourth-order valence-corrected chi connectivity index (χ4v) is 2.47. The van der Waals surface area contributed by atoms with Gasteiger partial charge in [0, 0.05) is 16.2 Å². The van der Waals surface area contributed by atoms with E-state index in [0.717, 1.165) is 16.1 Å². The third-order valence-electron chi connectivity index (χ3n) is 3.26. The minimum absolute atomic E-state index is 0.0616. The molecule has 8 nitrogen and oxygen atoms in total. The monoisotopic (exact) mass is 407 g/mol. The van der Waals surface area contributed by atoms with Gasteiger partial charge < -0.3 is 15.8 Å². The van der Waals surface area contributed by atoms with Gasteiger partial charge in [-0.1, -0.05) is 15.9 Å². The molecule has 0 bridgehead atoms. The average molecular weight is 408 g/mol. The molecule has 1 amide bonds. The maximum Gasteiger partial charge on any atom is 0.338 e. The van der Waals surface area contributed by atoms with Crippen molar-refractivity contribution in [1.82, 2.24) is 0 Å². The van der Waals surface area contributed by atoms with Crippen LogP contribution < -0.4 is 11.1 Å². The number of halogens is 1. The highest BCUT2D eigenvalue weighted by Crippen LogP contribution is 2.23. The molecule has 130 valence electrons. The molecule has 3 N–H and O–H groups in total. The fourth-order valence-electron chi connectivity index (χ4n) is 2.00. The van der Waals surface area contributed by atoms with E-state index in [0.29, 0.717) is 5.69 Å². The number of ether oxygens (including phenoxy) is 1. The summed E-state index contributed by atoms with van der Waals surface area (Å²) in [6.07, 6.45) is 0. The maximum absolute atomic E-state index is 11.9. The van der Waals surface area contributed by atoms with Crippen LogP contribution in [0.2, 0.25) is 0 Å². The summed E-state index contributed by atoms with van der Waals surface area (Å²) >= 11 is 3.32. The summed E-state index contributed by atoms with van der Waals surface area (Å²) in [4.78, 5) is 33.9. The largest absolute Gasteiger partial charge is 0.452 e. The van der Waals surface area contributed by atoms with Gasteiger partial charge in [0.05, 0.1) is 10.5 Å². The van der Waals surface area contributed by atoms with Crippen molar-refractivity contribution in [2.45, 2.75) is 6.92 Å². The summed E-state index contributed by atoms with van der Waals surface area (Å²) in [5.74, 6) is -1.38. The highest BCUT2D eigenvalue weighted by molar-refractivity contribution is 9.10. The molecule has 0 aliphatic heterocycles. The second kappa shape index (κ2) is 7.75. The Morgan fingerprint density at radius 1 is 1.28 bits per heavy atom. The predicted molar refractivity (Wildman–Crippen MR) is 95.3 cm³/mol. The summed E-state index contributed by atoms with van der Waals surface area (Å²) in [7, 11) is 0. The normalized spacial score (nSPS) is 10.2. The standard InChI is InChI=1S/C16H14BrN3O5/c1-9-6-11(17)3-5-13(9)19-15(21)8-25-16(22)10-2-4-12(18)14(7-10)20(23)24/h2-7H,8,18H2,1H3,(H,19,21). The molecule has 0 aliphatic rings. The molecular weight excluding hydrogens is 394 g/mol. The lowest BCUT2D eigenvalue weighted by Gasteiger charge is -2.09. The van der Waals surface area contributed by atoms with Gasteiger partial charge in [-0.25, -0.2) is 4.79 Å². The van der Waals surface area contributed by atoms with Crippen LogP contribution in [0.4, 0.5) is 17.1 Å². The number of aryl methyl sites for hydroxylation is 1. The molecule has 2 rings (SSSR count). The molecule has 0 spiro atoms. The van der Waals surface area contributed by atoms with Gasteiger partial charge in [0.1, 0.15) is 5.69 Å². The lowest BCUT2D eigenvalue weighted by molar-refractivity contribution is -0.383. The van der Waals surface area contributed by atoms with Crippen molar-refractivity contribution in [2.24, 2.45) is 0 Å². The molecule has 0 radical (unpaired) electrons. The summed E-state index contributed by atoms with van der Waals surface area (Å²) < 4.78 is 5.75. The van der Waals surface area contributed by atoms with E-state index in [1.54, 1.807) is 12.1 Å². The van der Waals surface area contributed by atoms with Crippen molar-refractivity contribution in [1.29, 1.82) is 0 Å². The van der Waals surface area contributed by atoms with Crippen molar-refractivity contribution in [3.63, 3.8) is 0 Å². The zero-order valence-corrected chi connectivity index (χ0v) is 14.7. The topological polar surface area (TPSA) is 125 Å². The van der Waals surface area contributed by atoms with Crippen LogP contribution >= 0.6 is 15.9 Å². The molecule has 2 aromatic carbocycles. The second-order valence-corrected chi connectivity index (χ2v) is 6.03. The maximum atomic E-state index is 11.9. The van der Waals surface area contributed by atoms with Crippen LogP contribution in [0.5, 0.6) is 0 Å². The highest BCUT2D eigenvalue weighted by atomic mass is 79.9. The number of nitro groups is 1. The van der Waals surface area contributed by atoms with Crippen LogP contribution in [0, 0.1) is 17.0 Å². The highest BCUT2D eigenvalue weighted by Gasteiger charge is 2.17. The Hall–Kier alpha value is -2.94. The van der Waals surface area contributed by atoms with Crippen molar-refractivity contribution >= 4 is 44.9 Å². The Morgan fingerprint density at radius 3 is 2.64 bits per heavy atom. The van der Waals surface area contributed by atoms with E-state index in [4.69, 9.17) is 10.5 Å². The van der Waals surface area contributed by atoms with Crippen LogP contribution in [0.3, 0.4) is 0 Å². The van der Waals surface area contributed by atoms with E-state index >= 15 is 0 Å². The van der Waals surface area contributed by atoms with Gasteiger partial charge in [-0.05, 0) is 42.8 Å². The molecule has 0 heterocycles. The minimum Gasteiger partial charge on any atom is -0.452 e. The molecular formula is C16H14BrN3O5. The smallest absolute Gasteiger partial charge is 0.338 e. The Kier molecular flexibility index (Phi) is 5.71. The van der Waals surface area contributed by atoms with E-state index in [9.17, 15) is 19.7 Å². The predicted octanol–water partition coefficient (Wildman–Crippen LogP) is 3.04. The number of carbonyl (C=O) groups is 2.